The van der Waals surface area contributed by atoms with Gasteiger partial charge in [0.2, 0.25) is 0 Å². The molecule has 1 N–H and O–H groups in total. The summed E-state index contributed by atoms with van der Waals surface area (Å²) in [6, 6.07) is 1.64. The Morgan fingerprint density at radius 3 is 3.07 bits per heavy atom. The highest BCUT2D eigenvalue weighted by Gasteiger charge is 2.08. The van der Waals surface area contributed by atoms with Crippen molar-refractivity contribution in [3.8, 4) is 0 Å². The highest BCUT2D eigenvalue weighted by atomic mass is 35.5. The number of hydrogen-bond donors (Lipinski definition) is 1. The molecule has 0 bridgehead atoms. The summed E-state index contributed by atoms with van der Waals surface area (Å²) in [6.45, 7) is 0.394. The van der Waals surface area contributed by atoms with Gasteiger partial charge in [0.05, 0.1) is 40.1 Å². The molecule has 15 heavy (non-hydrogen) atoms. The van der Waals surface area contributed by atoms with Crippen LogP contribution in [0, 0.1) is 0 Å². The van der Waals surface area contributed by atoms with Crippen LogP contribution in [0.15, 0.2) is 17.6 Å². The fraction of sp³-hybridized carbons (Fsp3) is 0.125. The van der Waals surface area contributed by atoms with E-state index < -0.39 is 0 Å². The quantitative estimate of drug-likeness (QED) is 0.919. The first-order chi connectivity index (χ1) is 7.25. The molecule has 0 aromatic carbocycles. The molecule has 0 atom stereocenters. The lowest BCUT2D eigenvalue weighted by Crippen LogP contribution is -2.21. The van der Waals surface area contributed by atoms with E-state index in [0.717, 1.165) is 17.4 Å². The molecule has 0 aliphatic heterocycles. The molecule has 0 unspecified atom stereocenters. The molecule has 0 saturated carbocycles. The Kier molecular flexibility index (Phi) is 3.30. The summed E-state index contributed by atoms with van der Waals surface area (Å²) in [5.74, 6) is -0.139. The molecule has 0 aliphatic carbocycles. The zero-order valence-corrected chi connectivity index (χ0v) is 9.83. The maximum Gasteiger partial charge on any atom is 0.261 e. The van der Waals surface area contributed by atoms with Crippen molar-refractivity contribution < 1.29 is 4.79 Å². The zero-order valence-electron chi connectivity index (χ0n) is 7.44. The Hall–Kier alpha value is -0.980. The molecule has 0 spiro atoms. The number of aromatic nitrogens is 2. The lowest BCUT2D eigenvalue weighted by atomic mass is 10.4. The second-order valence-corrected chi connectivity index (χ2v) is 4.61. The van der Waals surface area contributed by atoms with E-state index >= 15 is 0 Å². The van der Waals surface area contributed by atoms with Gasteiger partial charge >= 0.3 is 0 Å². The van der Waals surface area contributed by atoms with Gasteiger partial charge in [-0.25, -0.2) is 0 Å². The first kappa shape index (κ1) is 10.5. The van der Waals surface area contributed by atoms with Gasteiger partial charge in [0.15, 0.2) is 0 Å². The van der Waals surface area contributed by atoms with Crippen molar-refractivity contribution in [1.29, 1.82) is 0 Å². The summed E-state index contributed by atoms with van der Waals surface area (Å²) < 4.78 is 7.82. The van der Waals surface area contributed by atoms with Crippen molar-refractivity contribution in [2.24, 2.45) is 0 Å². The average molecular weight is 260 g/mol. The third kappa shape index (κ3) is 2.74. The Balaban J connectivity index is 1.93. The summed E-state index contributed by atoms with van der Waals surface area (Å²) in [6.07, 6.45) is 1.63. The number of hydrogen-bond acceptors (Lipinski definition) is 5. The number of halogens is 1. The third-order valence-corrected chi connectivity index (χ3v) is 3.42. The lowest BCUT2D eigenvalue weighted by molar-refractivity contribution is 0.0954. The summed E-state index contributed by atoms with van der Waals surface area (Å²) in [5, 5.41) is 5.04. The molecule has 7 heteroatoms. The molecule has 0 aliphatic rings. The van der Waals surface area contributed by atoms with Gasteiger partial charge in [-0.05, 0) is 6.07 Å². The first-order valence-electron chi connectivity index (χ1n) is 4.04. The molecular weight excluding hydrogens is 254 g/mol. The molecule has 2 rings (SSSR count). The predicted octanol–water partition coefficient (Wildman–Crippen LogP) is 2.18. The minimum absolute atomic E-state index is 0.139. The van der Waals surface area contributed by atoms with Crippen molar-refractivity contribution >= 4 is 40.6 Å². The summed E-state index contributed by atoms with van der Waals surface area (Å²) in [5.41, 5.74) is 0.760. The smallest absolute Gasteiger partial charge is 0.261 e. The number of amides is 1. The monoisotopic (exact) mass is 259 g/mol. The second kappa shape index (κ2) is 4.69. The van der Waals surface area contributed by atoms with E-state index in [4.69, 9.17) is 11.6 Å². The number of nitrogens with zero attached hydrogens (tertiary/aromatic N) is 2. The largest absolute Gasteiger partial charge is 0.346 e. The summed E-state index contributed by atoms with van der Waals surface area (Å²) in [7, 11) is 0. The molecule has 0 fully saturated rings. The number of carbonyl (C=O) groups is 1. The van der Waals surface area contributed by atoms with Crippen LogP contribution in [0.4, 0.5) is 0 Å². The van der Waals surface area contributed by atoms with E-state index in [1.807, 2.05) is 0 Å². The zero-order chi connectivity index (χ0) is 10.7. The van der Waals surface area contributed by atoms with Crippen molar-refractivity contribution in [3.63, 3.8) is 0 Å². The van der Waals surface area contributed by atoms with Crippen molar-refractivity contribution in [1.82, 2.24) is 14.1 Å². The Morgan fingerprint density at radius 1 is 1.60 bits per heavy atom. The number of nitrogens with one attached hydrogen (secondary N) is 1. The molecule has 1 amide bonds. The maximum absolute atomic E-state index is 11.5. The molecule has 2 aromatic rings. The van der Waals surface area contributed by atoms with Crippen LogP contribution < -0.4 is 5.32 Å². The van der Waals surface area contributed by atoms with Crippen molar-refractivity contribution in [2.75, 3.05) is 0 Å². The Bertz CT molecular complexity index is 454. The maximum atomic E-state index is 11.5. The van der Waals surface area contributed by atoms with Crippen LogP contribution in [0.25, 0.3) is 0 Å². The average Bonchev–Trinajstić information content (AvgIpc) is 2.84. The van der Waals surface area contributed by atoms with Gasteiger partial charge in [0.1, 0.15) is 0 Å². The standard InChI is InChI=1S/C8H6ClN3OS2/c9-5-1-7(14-4-5)8(13)10-2-6-3-11-15-12-6/h1,3-4H,2H2,(H,10,13). The van der Waals surface area contributed by atoms with Crippen molar-refractivity contribution in [2.45, 2.75) is 6.54 Å². The number of carbonyl (C=O) groups excluding carboxylic acids is 1. The van der Waals surface area contributed by atoms with E-state index in [1.165, 1.54) is 11.3 Å². The SMILES string of the molecule is O=C(NCc1cnsn1)c1cc(Cl)cs1. The number of thiophene rings is 1. The topological polar surface area (TPSA) is 54.9 Å². The summed E-state index contributed by atoms with van der Waals surface area (Å²) >= 11 is 8.15. The molecular formula is C8H6ClN3OS2. The van der Waals surface area contributed by atoms with Gasteiger partial charge in [-0.1, -0.05) is 11.6 Å². The molecule has 0 saturated heterocycles. The fourth-order valence-electron chi connectivity index (χ4n) is 0.952. The molecule has 4 nitrogen and oxygen atoms in total. The van der Waals surface area contributed by atoms with Gasteiger partial charge in [-0.3, -0.25) is 4.79 Å². The molecule has 78 valence electrons. The van der Waals surface area contributed by atoms with E-state index in [9.17, 15) is 4.79 Å². The van der Waals surface area contributed by atoms with Crippen LogP contribution in [-0.2, 0) is 6.54 Å². The highest BCUT2D eigenvalue weighted by molar-refractivity contribution is 7.12. The second-order valence-electron chi connectivity index (χ2n) is 2.71. The number of rotatable bonds is 3. The van der Waals surface area contributed by atoms with Crippen LogP contribution in [-0.4, -0.2) is 14.7 Å². The van der Waals surface area contributed by atoms with Crippen LogP contribution >= 0.6 is 34.7 Å². The Labute approximate surface area is 99.2 Å². The van der Waals surface area contributed by atoms with Crippen LogP contribution in [0.3, 0.4) is 0 Å². The lowest BCUT2D eigenvalue weighted by Gasteiger charge is -1.99. The minimum atomic E-state index is -0.139. The summed E-state index contributed by atoms with van der Waals surface area (Å²) in [4.78, 5) is 12.1. The van der Waals surface area contributed by atoms with Gasteiger partial charge in [0.25, 0.3) is 5.91 Å². The van der Waals surface area contributed by atoms with E-state index in [2.05, 4.69) is 14.1 Å². The van der Waals surface area contributed by atoms with E-state index in [1.54, 1.807) is 17.6 Å². The van der Waals surface area contributed by atoms with Crippen LogP contribution in [0.1, 0.15) is 15.4 Å². The van der Waals surface area contributed by atoms with E-state index in [0.29, 0.717) is 16.4 Å². The minimum Gasteiger partial charge on any atom is -0.346 e. The van der Waals surface area contributed by atoms with Gasteiger partial charge in [0, 0.05) is 5.38 Å². The van der Waals surface area contributed by atoms with Crippen LogP contribution in [0.5, 0.6) is 0 Å². The van der Waals surface area contributed by atoms with E-state index in [-0.39, 0.29) is 5.91 Å². The molecule has 0 radical (unpaired) electrons. The Morgan fingerprint density at radius 2 is 2.47 bits per heavy atom. The molecule has 2 aromatic heterocycles. The highest BCUT2D eigenvalue weighted by Crippen LogP contribution is 2.18. The third-order valence-electron chi connectivity index (χ3n) is 1.63. The van der Waals surface area contributed by atoms with Crippen LogP contribution in [0.2, 0.25) is 5.02 Å². The first-order valence-corrected chi connectivity index (χ1v) is 6.03. The predicted molar refractivity (Wildman–Crippen MR) is 60.4 cm³/mol. The van der Waals surface area contributed by atoms with Gasteiger partial charge in [-0.15, -0.1) is 11.3 Å². The van der Waals surface area contributed by atoms with Gasteiger partial charge in [-0.2, -0.15) is 8.75 Å². The fourth-order valence-corrected chi connectivity index (χ4v) is 2.37. The molecule has 2 heterocycles. The van der Waals surface area contributed by atoms with Gasteiger partial charge < -0.3 is 5.32 Å². The van der Waals surface area contributed by atoms with Crippen molar-refractivity contribution in [3.05, 3.63) is 33.2 Å². The normalized spacial score (nSPS) is 10.2.